The van der Waals surface area contributed by atoms with Crippen LogP contribution in [0.5, 0.6) is 0 Å². The molecule has 4 nitrogen and oxygen atoms in total. The fourth-order valence-corrected chi connectivity index (χ4v) is 1.67. The molecule has 0 unspecified atom stereocenters. The maximum Gasteiger partial charge on any atom is 0.274 e. The van der Waals surface area contributed by atoms with E-state index in [-0.39, 0.29) is 5.91 Å². The van der Waals surface area contributed by atoms with Crippen LogP contribution in [0.15, 0.2) is 42.6 Å². The number of aromatic nitrogens is 1. The Bertz CT molecular complexity index is 666. The normalized spacial score (nSPS) is 9.50. The summed E-state index contributed by atoms with van der Waals surface area (Å²) in [5.74, 6) is 5.35. The number of carbonyl (C=O) groups excluding carboxylic acids is 1. The fourth-order valence-electron chi connectivity index (χ4n) is 1.67. The molecule has 1 aromatic carbocycles. The quantitative estimate of drug-likeness (QED) is 0.815. The zero-order valence-electron chi connectivity index (χ0n) is 11.2. The third-order valence-corrected chi connectivity index (χ3v) is 2.61. The van der Waals surface area contributed by atoms with E-state index < -0.39 is 0 Å². The summed E-state index contributed by atoms with van der Waals surface area (Å²) in [5, 5.41) is 2.80. The summed E-state index contributed by atoms with van der Waals surface area (Å²) in [5.41, 5.74) is 8.22. The fraction of sp³-hybridized carbons (Fsp3) is 0.125. The average molecular weight is 265 g/mol. The van der Waals surface area contributed by atoms with Gasteiger partial charge in [-0.25, -0.2) is 4.98 Å². The van der Waals surface area contributed by atoms with E-state index in [0.29, 0.717) is 12.2 Å². The second-order valence-electron chi connectivity index (χ2n) is 4.26. The van der Waals surface area contributed by atoms with Crippen LogP contribution in [0.25, 0.3) is 0 Å². The Hall–Kier alpha value is -2.64. The molecule has 0 saturated carbocycles. The van der Waals surface area contributed by atoms with Gasteiger partial charge in [0.05, 0.1) is 6.54 Å². The number of benzene rings is 1. The number of nitrogens with two attached hydrogens (primary N) is 1. The Kier molecular flexibility index (Phi) is 4.48. The number of aryl methyl sites for hydroxylation is 1. The van der Waals surface area contributed by atoms with Crippen molar-refractivity contribution in [1.29, 1.82) is 0 Å². The van der Waals surface area contributed by atoms with Gasteiger partial charge in [-0.15, -0.1) is 0 Å². The number of nitrogens with zero attached hydrogens (tertiary/aromatic N) is 1. The topological polar surface area (TPSA) is 68.0 Å². The van der Waals surface area contributed by atoms with Crippen molar-refractivity contribution in [3.05, 3.63) is 59.4 Å². The highest BCUT2D eigenvalue weighted by molar-refractivity contribution is 6.02. The van der Waals surface area contributed by atoms with E-state index in [9.17, 15) is 4.79 Å². The molecule has 1 heterocycles. The standard InChI is InChI=1S/C16H15N3O/c1-12-4-2-6-14(10-12)19-16(20)15-8-7-13(11-18-15)5-3-9-17/h2,4,6-8,10-11H,9,17H2,1H3,(H,19,20). The Balaban J connectivity index is 2.09. The summed E-state index contributed by atoms with van der Waals surface area (Å²) < 4.78 is 0. The second kappa shape index (κ2) is 6.50. The molecule has 0 atom stereocenters. The van der Waals surface area contributed by atoms with Crippen LogP contribution in [-0.4, -0.2) is 17.4 Å². The average Bonchev–Trinajstić information content (AvgIpc) is 2.45. The van der Waals surface area contributed by atoms with E-state index in [2.05, 4.69) is 22.1 Å². The number of hydrogen-bond donors (Lipinski definition) is 2. The van der Waals surface area contributed by atoms with E-state index in [0.717, 1.165) is 16.8 Å². The molecule has 1 aromatic heterocycles. The van der Waals surface area contributed by atoms with Crippen molar-refractivity contribution in [2.45, 2.75) is 6.92 Å². The van der Waals surface area contributed by atoms with Crippen molar-refractivity contribution in [3.63, 3.8) is 0 Å². The van der Waals surface area contributed by atoms with Gasteiger partial charge in [-0.3, -0.25) is 4.79 Å². The maximum absolute atomic E-state index is 12.0. The number of anilines is 1. The van der Waals surface area contributed by atoms with E-state index in [4.69, 9.17) is 5.73 Å². The van der Waals surface area contributed by atoms with Gasteiger partial charge in [-0.2, -0.15) is 0 Å². The van der Waals surface area contributed by atoms with Crippen molar-refractivity contribution in [2.24, 2.45) is 5.73 Å². The summed E-state index contributed by atoms with van der Waals surface area (Å²) in [6, 6.07) is 11.0. The van der Waals surface area contributed by atoms with Gasteiger partial charge < -0.3 is 11.1 Å². The first kappa shape index (κ1) is 13.8. The van der Waals surface area contributed by atoms with Crippen molar-refractivity contribution in [2.75, 3.05) is 11.9 Å². The zero-order valence-corrected chi connectivity index (χ0v) is 11.2. The molecule has 0 spiro atoms. The lowest BCUT2D eigenvalue weighted by Crippen LogP contribution is -2.13. The van der Waals surface area contributed by atoms with Gasteiger partial charge in [0.2, 0.25) is 0 Å². The van der Waals surface area contributed by atoms with Crippen LogP contribution in [0, 0.1) is 18.8 Å². The van der Waals surface area contributed by atoms with Crippen LogP contribution < -0.4 is 11.1 Å². The number of amides is 1. The van der Waals surface area contributed by atoms with Gasteiger partial charge in [-0.1, -0.05) is 24.0 Å². The Morgan fingerprint density at radius 2 is 2.20 bits per heavy atom. The molecule has 2 rings (SSSR count). The molecule has 100 valence electrons. The second-order valence-corrected chi connectivity index (χ2v) is 4.26. The van der Waals surface area contributed by atoms with E-state index in [1.165, 1.54) is 0 Å². The highest BCUT2D eigenvalue weighted by Gasteiger charge is 2.07. The van der Waals surface area contributed by atoms with Gasteiger partial charge in [0, 0.05) is 17.4 Å². The molecule has 0 aliphatic heterocycles. The summed E-state index contributed by atoms with van der Waals surface area (Å²) in [6.45, 7) is 2.27. The van der Waals surface area contributed by atoms with Gasteiger partial charge in [0.25, 0.3) is 5.91 Å². The van der Waals surface area contributed by atoms with E-state index in [1.54, 1.807) is 18.3 Å². The number of carbonyl (C=O) groups is 1. The lowest BCUT2D eigenvalue weighted by molar-refractivity contribution is 0.102. The SMILES string of the molecule is Cc1cccc(NC(=O)c2ccc(C#CCN)cn2)c1. The minimum Gasteiger partial charge on any atom is -0.321 e. The lowest BCUT2D eigenvalue weighted by Gasteiger charge is -2.05. The monoisotopic (exact) mass is 265 g/mol. The van der Waals surface area contributed by atoms with E-state index >= 15 is 0 Å². The van der Waals surface area contributed by atoms with Gasteiger partial charge in [0.1, 0.15) is 5.69 Å². The third kappa shape index (κ3) is 3.67. The van der Waals surface area contributed by atoms with Gasteiger partial charge >= 0.3 is 0 Å². The molecule has 0 aliphatic rings. The first-order chi connectivity index (χ1) is 9.69. The summed E-state index contributed by atoms with van der Waals surface area (Å²) in [6.07, 6.45) is 1.56. The van der Waals surface area contributed by atoms with Crippen LogP contribution in [-0.2, 0) is 0 Å². The van der Waals surface area contributed by atoms with Crippen molar-refractivity contribution < 1.29 is 4.79 Å². The molecular weight excluding hydrogens is 250 g/mol. The maximum atomic E-state index is 12.0. The molecule has 0 aliphatic carbocycles. The minimum atomic E-state index is -0.242. The molecular formula is C16H15N3O. The molecule has 4 heteroatoms. The molecule has 2 aromatic rings. The highest BCUT2D eigenvalue weighted by Crippen LogP contribution is 2.11. The predicted molar refractivity (Wildman–Crippen MR) is 79.3 cm³/mol. The van der Waals surface area contributed by atoms with Gasteiger partial charge in [-0.05, 0) is 36.8 Å². The van der Waals surface area contributed by atoms with Crippen molar-refractivity contribution in [3.8, 4) is 11.8 Å². The Morgan fingerprint density at radius 1 is 1.35 bits per heavy atom. The molecule has 0 radical (unpaired) electrons. The van der Waals surface area contributed by atoms with Crippen LogP contribution in [0.1, 0.15) is 21.6 Å². The number of rotatable bonds is 2. The summed E-state index contributed by atoms with van der Waals surface area (Å²) in [7, 11) is 0. The van der Waals surface area contributed by atoms with Crippen molar-refractivity contribution >= 4 is 11.6 Å². The predicted octanol–water partition coefficient (Wildman–Crippen LogP) is 1.95. The van der Waals surface area contributed by atoms with Crippen molar-refractivity contribution in [1.82, 2.24) is 4.98 Å². The Labute approximate surface area is 118 Å². The van der Waals surface area contributed by atoms with Crippen LogP contribution in [0.2, 0.25) is 0 Å². The molecule has 1 amide bonds. The summed E-state index contributed by atoms with van der Waals surface area (Å²) >= 11 is 0. The molecule has 0 fully saturated rings. The minimum absolute atomic E-state index is 0.242. The smallest absolute Gasteiger partial charge is 0.274 e. The molecule has 0 saturated heterocycles. The van der Waals surface area contributed by atoms with Crippen LogP contribution in [0.4, 0.5) is 5.69 Å². The molecule has 0 bridgehead atoms. The third-order valence-electron chi connectivity index (χ3n) is 2.61. The first-order valence-corrected chi connectivity index (χ1v) is 6.22. The lowest BCUT2D eigenvalue weighted by atomic mass is 10.2. The molecule has 20 heavy (non-hydrogen) atoms. The number of nitrogens with one attached hydrogen (secondary N) is 1. The first-order valence-electron chi connectivity index (χ1n) is 6.22. The number of pyridine rings is 1. The van der Waals surface area contributed by atoms with Gasteiger partial charge in [0.15, 0.2) is 0 Å². The van der Waals surface area contributed by atoms with Crippen LogP contribution >= 0.6 is 0 Å². The summed E-state index contributed by atoms with van der Waals surface area (Å²) in [4.78, 5) is 16.1. The highest BCUT2D eigenvalue weighted by atomic mass is 16.1. The zero-order chi connectivity index (χ0) is 14.4. The number of hydrogen-bond acceptors (Lipinski definition) is 3. The Morgan fingerprint density at radius 3 is 2.85 bits per heavy atom. The largest absolute Gasteiger partial charge is 0.321 e. The molecule has 3 N–H and O–H groups in total. The van der Waals surface area contributed by atoms with Crippen LogP contribution in [0.3, 0.4) is 0 Å². The van der Waals surface area contributed by atoms with E-state index in [1.807, 2.05) is 31.2 Å².